The summed E-state index contributed by atoms with van der Waals surface area (Å²) < 4.78 is 5.15. The van der Waals surface area contributed by atoms with E-state index in [1.807, 2.05) is 27.8 Å². The average molecular weight is 269 g/mol. The molecule has 0 saturated heterocycles. The fourth-order valence-electron chi connectivity index (χ4n) is 1.88. The van der Waals surface area contributed by atoms with Crippen LogP contribution in [0.2, 0.25) is 5.02 Å². The molecule has 2 heterocycles. The highest BCUT2D eigenvalue weighted by Gasteiger charge is 2.14. The standard InChI is InChI=1S/C12H17ClN4O/c1-7-10(9(3)18-16-7)5-17(4)6-11-12(13)8(2)14-15-11/h5-6H2,1-4H3,(H,14,15). The summed E-state index contributed by atoms with van der Waals surface area (Å²) in [6.07, 6.45) is 0. The molecule has 18 heavy (non-hydrogen) atoms. The number of rotatable bonds is 4. The minimum absolute atomic E-state index is 0.688. The third kappa shape index (κ3) is 2.57. The van der Waals surface area contributed by atoms with Crippen molar-refractivity contribution in [1.29, 1.82) is 0 Å². The Balaban J connectivity index is 2.05. The van der Waals surface area contributed by atoms with Crippen molar-refractivity contribution in [2.45, 2.75) is 33.9 Å². The molecule has 0 fully saturated rings. The van der Waals surface area contributed by atoms with Crippen LogP contribution >= 0.6 is 11.6 Å². The van der Waals surface area contributed by atoms with Crippen LogP contribution in [0.1, 0.15) is 28.4 Å². The highest BCUT2D eigenvalue weighted by atomic mass is 35.5. The number of aryl methyl sites for hydroxylation is 3. The van der Waals surface area contributed by atoms with E-state index in [1.165, 1.54) is 0 Å². The first-order chi connectivity index (χ1) is 8.49. The van der Waals surface area contributed by atoms with Gasteiger partial charge in [0.1, 0.15) is 5.76 Å². The van der Waals surface area contributed by atoms with Crippen molar-refractivity contribution in [1.82, 2.24) is 20.3 Å². The second-order valence-corrected chi connectivity index (χ2v) is 4.96. The Morgan fingerprint density at radius 1 is 1.28 bits per heavy atom. The van der Waals surface area contributed by atoms with Crippen molar-refractivity contribution in [2.24, 2.45) is 0 Å². The highest BCUT2D eigenvalue weighted by molar-refractivity contribution is 6.31. The summed E-state index contributed by atoms with van der Waals surface area (Å²) in [5, 5.41) is 11.7. The quantitative estimate of drug-likeness (QED) is 0.926. The third-order valence-corrected chi connectivity index (χ3v) is 3.47. The Labute approximate surface area is 111 Å². The van der Waals surface area contributed by atoms with Crippen LogP contribution in [-0.2, 0) is 13.1 Å². The lowest BCUT2D eigenvalue weighted by Crippen LogP contribution is -2.18. The van der Waals surface area contributed by atoms with Gasteiger partial charge in [0.15, 0.2) is 0 Å². The molecule has 0 unspecified atom stereocenters. The normalized spacial score (nSPS) is 11.4. The summed E-state index contributed by atoms with van der Waals surface area (Å²) in [5.41, 5.74) is 3.82. The van der Waals surface area contributed by atoms with E-state index in [0.29, 0.717) is 11.6 Å². The molecule has 0 aliphatic heterocycles. The van der Waals surface area contributed by atoms with Gasteiger partial charge in [0, 0.05) is 18.7 Å². The second-order valence-electron chi connectivity index (χ2n) is 4.58. The topological polar surface area (TPSA) is 58.0 Å². The zero-order valence-corrected chi connectivity index (χ0v) is 11.8. The molecule has 0 amide bonds. The molecule has 0 atom stereocenters. The maximum atomic E-state index is 6.15. The number of aromatic amines is 1. The number of nitrogens with zero attached hydrogens (tertiary/aromatic N) is 3. The zero-order chi connectivity index (χ0) is 13.3. The molecule has 1 N–H and O–H groups in total. The van der Waals surface area contributed by atoms with Gasteiger partial charge in [-0.25, -0.2) is 0 Å². The first-order valence-corrected chi connectivity index (χ1v) is 6.16. The van der Waals surface area contributed by atoms with Crippen molar-refractivity contribution >= 4 is 11.6 Å². The van der Waals surface area contributed by atoms with Gasteiger partial charge in [-0.3, -0.25) is 10.00 Å². The number of aromatic nitrogens is 3. The van der Waals surface area contributed by atoms with Gasteiger partial charge in [0.2, 0.25) is 0 Å². The van der Waals surface area contributed by atoms with E-state index in [2.05, 4.69) is 20.3 Å². The first kappa shape index (κ1) is 13.1. The largest absolute Gasteiger partial charge is 0.361 e. The van der Waals surface area contributed by atoms with Gasteiger partial charge in [-0.2, -0.15) is 5.10 Å². The Morgan fingerprint density at radius 3 is 2.50 bits per heavy atom. The van der Waals surface area contributed by atoms with Gasteiger partial charge in [0.25, 0.3) is 0 Å². The molecule has 2 aromatic rings. The van der Waals surface area contributed by atoms with Crippen molar-refractivity contribution in [2.75, 3.05) is 7.05 Å². The zero-order valence-electron chi connectivity index (χ0n) is 11.0. The molecule has 0 spiro atoms. The summed E-state index contributed by atoms with van der Waals surface area (Å²) in [6.45, 7) is 7.24. The molecule has 0 bridgehead atoms. The molecule has 5 nitrogen and oxygen atoms in total. The molecule has 0 saturated carbocycles. The number of hydrogen-bond donors (Lipinski definition) is 1. The highest BCUT2D eigenvalue weighted by Crippen LogP contribution is 2.20. The first-order valence-electron chi connectivity index (χ1n) is 5.78. The van der Waals surface area contributed by atoms with Crippen LogP contribution in [0.3, 0.4) is 0 Å². The Hall–Kier alpha value is -1.33. The summed E-state index contributed by atoms with van der Waals surface area (Å²) in [5.74, 6) is 0.864. The maximum Gasteiger partial charge on any atom is 0.138 e. The number of hydrogen-bond acceptors (Lipinski definition) is 4. The van der Waals surface area contributed by atoms with E-state index in [0.717, 1.165) is 35.0 Å². The Kier molecular flexibility index (Phi) is 3.73. The smallest absolute Gasteiger partial charge is 0.138 e. The lowest BCUT2D eigenvalue weighted by molar-refractivity contribution is 0.311. The predicted octanol–water partition coefficient (Wildman–Crippen LogP) is 2.61. The second kappa shape index (κ2) is 5.12. The molecule has 98 valence electrons. The van der Waals surface area contributed by atoms with E-state index in [4.69, 9.17) is 16.1 Å². The van der Waals surface area contributed by atoms with Crippen LogP contribution < -0.4 is 0 Å². The van der Waals surface area contributed by atoms with Crippen molar-refractivity contribution < 1.29 is 4.52 Å². The van der Waals surface area contributed by atoms with Crippen LogP contribution in [0, 0.1) is 20.8 Å². The molecular formula is C12H17ClN4O. The molecule has 2 rings (SSSR count). The van der Waals surface area contributed by atoms with Crippen LogP contribution in [0.5, 0.6) is 0 Å². The van der Waals surface area contributed by atoms with Crippen molar-refractivity contribution in [3.63, 3.8) is 0 Å². The summed E-state index contributed by atoms with van der Waals surface area (Å²) in [6, 6.07) is 0. The monoisotopic (exact) mass is 268 g/mol. The molecule has 0 aromatic carbocycles. The number of nitrogens with one attached hydrogen (secondary N) is 1. The molecule has 0 aliphatic rings. The number of halogens is 1. The van der Waals surface area contributed by atoms with Crippen LogP contribution in [0.15, 0.2) is 4.52 Å². The summed E-state index contributed by atoms with van der Waals surface area (Å²) >= 11 is 6.15. The predicted molar refractivity (Wildman–Crippen MR) is 69.5 cm³/mol. The van der Waals surface area contributed by atoms with Crippen LogP contribution in [0.25, 0.3) is 0 Å². The van der Waals surface area contributed by atoms with E-state index in [-0.39, 0.29) is 0 Å². The minimum atomic E-state index is 0.688. The van der Waals surface area contributed by atoms with Gasteiger partial charge in [-0.05, 0) is 27.8 Å². The SMILES string of the molecule is Cc1noc(C)c1CN(C)Cc1n[nH]c(C)c1Cl. The maximum absolute atomic E-state index is 6.15. The van der Waals surface area contributed by atoms with E-state index < -0.39 is 0 Å². The molecule has 2 aromatic heterocycles. The van der Waals surface area contributed by atoms with E-state index in [9.17, 15) is 0 Å². The minimum Gasteiger partial charge on any atom is -0.361 e. The third-order valence-electron chi connectivity index (χ3n) is 2.97. The van der Waals surface area contributed by atoms with Gasteiger partial charge in [-0.15, -0.1) is 0 Å². The van der Waals surface area contributed by atoms with Crippen LogP contribution in [-0.4, -0.2) is 27.3 Å². The van der Waals surface area contributed by atoms with E-state index >= 15 is 0 Å². The molecule has 0 radical (unpaired) electrons. The summed E-state index contributed by atoms with van der Waals surface area (Å²) in [7, 11) is 2.02. The molecule has 0 aliphatic carbocycles. The Morgan fingerprint density at radius 2 is 2.00 bits per heavy atom. The lowest BCUT2D eigenvalue weighted by Gasteiger charge is -2.15. The summed E-state index contributed by atoms with van der Waals surface area (Å²) in [4.78, 5) is 2.13. The Bertz CT molecular complexity index is 527. The fraction of sp³-hybridized carbons (Fsp3) is 0.500. The average Bonchev–Trinajstić information content (AvgIpc) is 2.79. The molecular weight excluding hydrogens is 252 g/mol. The molecule has 6 heteroatoms. The van der Waals surface area contributed by atoms with Crippen molar-refractivity contribution in [3.8, 4) is 0 Å². The van der Waals surface area contributed by atoms with Gasteiger partial charge in [-0.1, -0.05) is 16.8 Å². The van der Waals surface area contributed by atoms with Crippen molar-refractivity contribution in [3.05, 3.63) is 33.4 Å². The van der Waals surface area contributed by atoms with E-state index in [1.54, 1.807) is 0 Å². The fourth-order valence-corrected chi connectivity index (χ4v) is 2.02. The lowest BCUT2D eigenvalue weighted by atomic mass is 10.2. The van der Waals surface area contributed by atoms with Gasteiger partial charge < -0.3 is 4.52 Å². The van der Waals surface area contributed by atoms with Gasteiger partial charge >= 0.3 is 0 Å². The van der Waals surface area contributed by atoms with Gasteiger partial charge in [0.05, 0.1) is 22.1 Å². The van der Waals surface area contributed by atoms with Crippen LogP contribution in [0.4, 0.5) is 0 Å². The number of H-pyrrole nitrogens is 1.